The highest BCUT2D eigenvalue weighted by atomic mass is 15.1. The molecule has 100 valence electrons. The molecule has 0 radical (unpaired) electrons. The van der Waals surface area contributed by atoms with Crippen LogP contribution in [0.15, 0.2) is 30.3 Å². The van der Waals surface area contributed by atoms with E-state index in [1.807, 2.05) is 52.3 Å². The Kier molecular flexibility index (Phi) is 3.85. The van der Waals surface area contributed by atoms with E-state index in [0.717, 1.165) is 28.8 Å². The molecule has 19 heavy (non-hydrogen) atoms. The predicted octanol–water partition coefficient (Wildman–Crippen LogP) is 2.64. The van der Waals surface area contributed by atoms with Gasteiger partial charge in [0.25, 0.3) is 0 Å². The molecule has 0 amide bonds. The van der Waals surface area contributed by atoms with Crippen molar-refractivity contribution < 1.29 is 0 Å². The molecule has 0 unspecified atom stereocenters. The second-order valence-electron chi connectivity index (χ2n) is 4.47. The molecule has 1 heterocycles. The monoisotopic (exact) mass is 257 g/mol. The van der Waals surface area contributed by atoms with E-state index in [4.69, 9.17) is 0 Å². The predicted molar refractivity (Wildman–Crippen MR) is 80.4 cm³/mol. The highest BCUT2D eigenvalue weighted by molar-refractivity contribution is 5.74. The van der Waals surface area contributed by atoms with Gasteiger partial charge in [0, 0.05) is 27.2 Å². The first-order valence-electron chi connectivity index (χ1n) is 6.17. The van der Waals surface area contributed by atoms with Gasteiger partial charge in [0.15, 0.2) is 0 Å². The van der Waals surface area contributed by atoms with Crippen molar-refractivity contribution in [3.8, 4) is 0 Å². The SMILES string of the molecule is CNc1cc(Nc2ccccc2N(C)C)nc(C)n1. The van der Waals surface area contributed by atoms with Gasteiger partial charge in [-0.25, -0.2) is 9.97 Å². The Morgan fingerprint density at radius 3 is 2.42 bits per heavy atom. The summed E-state index contributed by atoms with van der Waals surface area (Å²) >= 11 is 0. The van der Waals surface area contributed by atoms with Crippen LogP contribution in [0.2, 0.25) is 0 Å². The lowest BCUT2D eigenvalue weighted by Crippen LogP contribution is -2.11. The van der Waals surface area contributed by atoms with Gasteiger partial charge in [-0.3, -0.25) is 0 Å². The van der Waals surface area contributed by atoms with Crippen LogP contribution < -0.4 is 15.5 Å². The fourth-order valence-corrected chi connectivity index (χ4v) is 1.87. The summed E-state index contributed by atoms with van der Waals surface area (Å²) in [6.45, 7) is 1.88. The molecule has 0 atom stereocenters. The Labute approximate surface area is 113 Å². The Morgan fingerprint density at radius 1 is 1.05 bits per heavy atom. The summed E-state index contributed by atoms with van der Waals surface area (Å²) in [4.78, 5) is 10.7. The van der Waals surface area contributed by atoms with Crippen molar-refractivity contribution in [1.82, 2.24) is 9.97 Å². The third kappa shape index (κ3) is 3.13. The van der Waals surface area contributed by atoms with Crippen LogP contribution in [0.5, 0.6) is 0 Å². The second kappa shape index (κ2) is 5.56. The van der Waals surface area contributed by atoms with Gasteiger partial charge in [-0.05, 0) is 19.1 Å². The summed E-state index contributed by atoms with van der Waals surface area (Å²) in [6.07, 6.45) is 0. The smallest absolute Gasteiger partial charge is 0.136 e. The van der Waals surface area contributed by atoms with E-state index in [0.29, 0.717) is 0 Å². The Morgan fingerprint density at radius 2 is 1.74 bits per heavy atom. The summed E-state index contributed by atoms with van der Waals surface area (Å²) in [7, 11) is 5.88. The quantitative estimate of drug-likeness (QED) is 0.882. The molecule has 0 saturated heterocycles. The largest absolute Gasteiger partial charge is 0.376 e. The molecular weight excluding hydrogens is 238 g/mol. The summed E-state index contributed by atoms with van der Waals surface area (Å²) in [5, 5.41) is 6.37. The molecule has 1 aromatic heterocycles. The van der Waals surface area contributed by atoms with Gasteiger partial charge in [-0.15, -0.1) is 0 Å². The zero-order valence-corrected chi connectivity index (χ0v) is 11.7. The Balaban J connectivity index is 2.33. The van der Waals surface area contributed by atoms with Gasteiger partial charge >= 0.3 is 0 Å². The van der Waals surface area contributed by atoms with Gasteiger partial charge < -0.3 is 15.5 Å². The van der Waals surface area contributed by atoms with Crippen LogP contribution in [-0.2, 0) is 0 Å². The average Bonchev–Trinajstić information content (AvgIpc) is 2.38. The zero-order valence-electron chi connectivity index (χ0n) is 11.7. The van der Waals surface area contributed by atoms with Crippen molar-refractivity contribution in [2.45, 2.75) is 6.92 Å². The number of hydrogen-bond donors (Lipinski definition) is 2. The van der Waals surface area contributed by atoms with Crippen molar-refractivity contribution in [3.63, 3.8) is 0 Å². The molecular formula is C14H19N5. The van der Waals surface area contributed by atoms with Gasteiger partial charge in [-0.2, -0.15) is 0 Å². The maximum Gasteiger partial charge on any atom is 0.136 e. The Bertz CT molecular complexity index is 566. The lowest BCUT2D eigenvalue weighted by molar-refractivity contribution is 1.05. The van der Waals surface area contributed by atoms with Crippen molar-refractivity contribution >= 4 is 23.0 Å². The zero-order chi connectivity index (χ0) is 13.8. The Hall–Kier alpha value is -2.30. The molecule has 0 spiro atoms. The minimum atomic E-state index is 0.733. The maximum absolute atomic E-state index is 4.40. The molecule has 1 aromatic carbocycles. The van der Waals surface area contributed by atoms with Gasteiger partial charge in [-0.1, -0.05) is 12.1 Å². The summed E-state index contributed by atoms with van der Waals surface area (Å²) < 4.78 is 0. The lowest BCUT2D eigenvalue weighted by atomic mass is 10.2. The van der Waals surface area contributed by atoms with Crippen molar-refractivity contribution in [2.24, 2.45) is 0 Å². The van der Waals surface area contributed by atoms with Crippen LogP contribution in [0, 0.1) is 6.92 Å². The maximum atomic E-state index is 4.40. The minimum Gasteiger partial charge on any atom is -0.376 e. The fraction of sp³-hybridized carbons (Fsp3) is 0.286. The normalized spacial score (nSPS) is 10.1. The van der Waals surface area contributed by atoms with Gasteiger partial charge in [0.1, 0.15) is 17.5 Å². The molecule has 5 heteroatoms. The van der Waals surface area contributed by atoms with Crippen LogP contribution in [0.25, 0.3) is 0 Å². The summed E-state index contributed by atoms with van der Waals surface area (Å²) in [6, 6.07) is 10.0. The van der Waals surface area contributed by atoms with E-state index in [9.17, 15) is 0 Å². The molecule has 5 nitrogen and oxygen atoms in total. The standard InChI is InChI=1S/C14H19N5/c1-10-16-13(15-2)9-14(17-10)18-11-7-5-6-8-12(11)19(3)4/h5-9H,1-4H3,(H2,15,16,17,18). The van der Waals surface area contributed by atoms with Crippen LogP contribution in [0.3, 0.4) is 0 Å². The third-order valence-electron chi connectivity index (χ3n) is 2.74. The van der Waals surface area contributed by atoms with Gasteiger partial charge in [0.05, 0.1) is 11.4 Å². The molecule has 0 bridgehead atoms. The molecule has 0 aliphatic carbocycles. The molecule has 2 aromatic rings. The van der Waals surface area contributed by atoms with Crippen molar-refractivity contribution in [1.29, 1.82) is 0 Å². The first-order valence-corrected chi connectivity index (χ1v) is 6.17. The van der Waals surface area contributed by atoms with Crippen molar-refractivity contribution in [2.75, 3.05) is 36.7 Å². The van der Waals surface area contributed by atoms with Crippen LogP contribution in [0.4, 0.5) is 23.0 Å². The highest BCUT2D eigenvalue weighted by Crippen LogP contribution is 2.26. The number of aryl methyl sites for hydroxylation is 1. The number of nitrogens with one attached hydrogen (secondary N) is 2. The number of anilines is 4. The topological polar surface area (TPSA) is 53.1 Å². The second-order valence-corrected chi connectivity index (χ2v) is 4.47. The number of nitrogens with zero attached hydrogens (tertiary/aromatic N) is 3. The molecule has 2 rings (SSSR count). The molecule has 2 N–H and O–H groups in total. The van der Waals surface area contributed by atoms with E-state index in [-0.39, 0.29) is 0 Å². The van der Waals surface area contributed by atoms with E-state index in [1.165, 1.54) is 0 Å². The third-order valence-corrected chi connectivity index (χ3v) is 2.74. The summed E-state index contributed by atoms with van der Waals surface area (Å²) in [5.41, 5.74) is 2.14. The highest BCUT2D eigenvalue weighted by Gasteiger charge is 2.06. The van der Waals surface area contributed by atoms with Crippen LogP contribution in [-0.4, -0.2) is 31.1 Å². The number of hydrogen-bond acceptors (Lipinski definition) is 5. The minimum absolute atomic E-state index is 0.733. The van der Waals surface area contributed by atoms with Crippen LogP contribution in [0.1, 0.15) is 5.82 Å². The number of benzene rings is 1. The average molecular weight is 257 g/mol. The number of para-hydroxylation sites is 2. The molecule has 0 saturated carbocycles. The van der Waals surface area contributed by atoms with E-state index < -0.39 is 0 Å². The first kappa shape index (κ1) is 13.1. The fourth-order valence-electron chi connectivity index (χ4n) is 1.87. The lowest BCUT2D eigenvalue weighted by Gasteiger charge is -2.18. The van der Waals surface area contributed by atoms with Crippen molar-refractivity contribution in [3.05, 3.63) is 36.2 Å². The number of aromatic nitrogens is 2. The van der Waals surface area contributed by atoms with E-state index in [2.05, 4.69) is 31.6 Å². The molecule has 0 aliphatic heterocycles. The van der Waals surface area contributed by atoms with E-state index in [1.54, 1.807) is 0 Å². The first-order chi connectivity index (χ1) is 9.10. The molecule has 0 aliphatic rings. The van der Waals surface area contributed by atoms with Gasteiger partial charge in [0.2, 0.25) is 0 Å². The molecule has 0 fully saturated rings. The summed E-state index contributed by atoms with van der Waals surface area (Å²) in [5.74, 6) is 2.32. The van der Waals surface area contributed by atoms with Crippen LogP contribution >= 0.6 is 0 Å². The number of rotatable bonds is 4. The van der Waals surface area contributed by atoms with E-state index >= 15 is 0 Å².